The Morgan fingerprint density at radius 3 is 1.81 bits per heavy atom. The van der Waals surface area contributed by atoms with Crippen LogP contribution in [0.5, 0.6) is 0 Å². The summed E-state index contributed by atoms with van der Waals surface area (Å²) in [6.45, 7) is 11.9. The van der Waals surface area contributed by atoms with Crippen LogP contribution in [0.1, 0.15) is 40.0 Å². The minimum absolute atomic E-state index is 0.318. The molecule has 0 amide bonds. The lowest BCUT2D eigenvalue weighted by Gasteiger charge is -2.21. The van der Waals surface area contributed by atoms with Crippen LogP contribution in [0.25, 0.3) is 0 Å². The van der Waals surface area contributed by atoms with Crippen LogP contribution in [-0.2, 0) is 9.53 Å². The molecule has 0 aromatic heterocycles. The van der Waals surface area contributed by atoms with E-state index >= 15 is 0 Å². The molecular formula is C15H36N4O2. The monoisotopic (exact) mass is 304 g/mol. The molecule has 0 saturated heterocycles. The lowest BCUT2D eigenvalue weighted by molar-refractivity contribution is -0.138. The van der Waals surface area contributed by atoms with E-state index in [2.05, 4.69) is 15.0 Å². The minimum atomic E-state index is -0.318. The quantitative estimate of drug-likeness (QED) is 0.381. The summed E-state index contributed by atoms with van der Waals surface area (Å²) in [5.74, 6) is 0. The molecule has 0 spiro atoms. The first-order chi connectivity index (χ1) is 9.91. The van der Waals surface area contributed by atoms with Gasteiger partial charge in [-0.15, -0.1) is 0 Å². The fourth-order valence-corrected chi connectivity index (χ4v) is 1.59. The highest BCUT2D eigenvalue weighted by Gasteiger charge is 2.07. The molecule has 0 saturated carbocycles. The summed E-state index contributed by atoms with van der Waals surface area (Å²) in [4.78, 5) is 12.1. The van der Waals surface area contributed by atoms with Gasteiger partial charge in [-0.2, -0.15) is 0 Å². The van der Waals surface area contributed by atoms with E-state index in [4.69, 9.17) is 11.5 Å². The molecule has 0 heterocycles. The summed E-state index contributed by atoms with van der Waals surface area (Å²) >= 11 is 0. The van der Waals surface area contributed by atoms with E-state index in [0.29, 0.717) is 6.47 Å². The van der Waals surface area contributed by atoms with Gasteiger partial charge in [0.05, 0.1) is 0 Å². The van der Waals surface area contributed by atoms with Crippen molar-refractivity contribution in [3.63, 3.8) is 0 Å². The number of nitrogens with zero attached hydrogens (tertiary/aromatic N) is 1. The first kappa shape index (κ1) is 22.6. The number of nitrogens with two attached hydrogens (primary N) is 2. The van der Waals surface area contributed by atoms with Gasteiger partial charge in [-0.3, -0.25) is 4.79 Å². The van der Waals surface area contributed by atoms with Crippen molar-refractivity contribution in [2.75, 3.05) is 46.3 Å². The van der Waals surface area contributed by atoms with E-state index in [1.807, 2.05) is 27.8 Å². The van der Waals surface area contributed by atoms with E-state index in [0.717, 1.165) is 52.1 Å². The third-order valence-corrected chi connectivity index (χ3v) is 2.66. The lowest BCUT2D eigenvalue weighted by atomic mass is 10.2. The van der Waals surface area contributed by atoms with Gasteiger partial charge in [-0.25, -0.2) is 0 Å². The number of ether oxygens (including phenoxy) is 1. The zero-order valence-electron chi connectivity index (χ0n) is 14.4. The molecule has 0 aromatic rings. The molecule has 6 heteroatoms. The largest absolute Gasteiger partial charge is 0.462 e. The number of hydrogen-bond donors (Lipinski definition) is 3. The second-order valence-electron chi connectivity index (χ2n) is 5.91. The van der Waals surface area contributed by atoms with Crippen molar-refractivity contribution in [1.82, 2.24) is 10.2 Å². The van der Waals surface area contributed by atoms with Crippen molar-refractivity contribution in [3.8, 4) is 0 Å². The van der Waals surface area contributed by atoms with Gasteiger partial charge in [0.1, 0.15) is 5.60 Å². The Morgan fingerprint density at radius 2 is 1.52 bits per heavy atom. The molecule has 0 aromatic carbocycles. The van der Waals surface area contributed by atoms with Gasteiger partial charge in [0.15, 0.2) is 0 Å². The van der Waals surface area contributed by atoms with E-state index in [1.54, 1.807) is 0 Å². The maximum Gasteiger partial charge on any atom is 0.293 e. The van der Waals surface area contributed by atoms with Crippen molar-refractivity contribution >= 4 is 6.47 Å². The normalized spacial score (nSPS) is 11.0. The molecule has 0 atom stereocenters. The summed E-state index contributed by atoms with van der Waals surface area (Å²) < 4.78 is 4.55. The van der Waals surface area contributed by atoms with E-state index in [-0.39, 0.29) is 5.60 Å². The maximum absolute atomic E-state index is 9.60. The third kappa shape index (κ3) is 21.8. The Labute approximate surface area is 130 Å². The smallest absolute Gasteiger partial charge is 0.293 e. The lowest BCUT2D eigenvalue weighted by Crippen LogP contribution is -2.31. The molecule has 128 valence electrons. The molecule has 21 heavy (non-hydrogen) atoms. The summed E-state index contributed by atoms with van der Waals surface area (Å²) in [6.07, 6.45) is 3.37. The van der Waals surface area contributed by atoms with Crippen LogP contribution in [-0.4, -0.2) is 63.3 Å². The fraction of sp³-hybridized carbons (Fsp3) is 0.933. The highest BCUT2D eigenvalue weighted by molar-refractivity contribution is 5.37. The number of rotatable bonds is 11. The van der Waals surface area contributed by atoms with Crippen molar-refractivity contribution < 1.29 is 9.53 Å². The number of hydrogen-bond acceptors (Lipinski definition) is 6. The molecule has 0 rings (SSSR count). The van der Waals surface area contributed by atoms with Gasteiger partial charge in [-0.05, 0) is 86.3 Å². The number of nitrogens with one attached hydrogen (secondary N) is 1. The summed E-state index contributed by atoms with van der Waals surface area (Å²) in [6, 6.07) is 0. The number of carbonyl (C=O) groups is 1. The molecular weight excluding hydrogens is 268 g/mol. The van der Waals surface area contributed by atoms with Crippen LogP contribution in [0.4, 0.5) is 0 Å². The zero-order valence-corrected chi connectivity index (χ0v) is 14.4. The highest BCUT2D eigenvalue weighted by atomic mass is 16.5. The van der Waals surface area contributed by atoms with Crippen LogP contribution < -0.4 is 16.8 Å². The zero-order chi connectivity index (χ0) is 16.6. The Morgan fingerprint density at radius 1 is 1.05 bits per heavy atom. The first-order valence-electron chi connectivity index (χ1n) is 7.79. The molecule has 6 nitrogen and oxygen atoms in total. The fourth-order valence-electron chi connectivity index (χ4n) is 1.59. The van der Waals surface area contributed by atoms with Crippen molar-refractivity contribution in [2.45, 2.75) is 45.6 Å². The topological polar surface area (TPSA) is 93.6 Å². The Hall–Kier alpha value is -0.690. The Bertz CT molecular complexity index is 212. The van der Waals surface area contributed by atoms with Gasteiger partial charge >= 0.3 is 0 Å². The molecule has 0 aliphatic rings. The van der Waals surface area contributed by atoms with Gasteiger partial charge in [0.2, 0.25) is 0 Å². The van der Waals surface area contributed by atoms with Crippen molar-refractivity contribution in [2.24, 2.45) is 11.5 Å². The van der Waals surface area contributed by atoms with Crippen molar-refractivity contribution in [1.29, 1.82) is 0 Å². The predicted molar refractivity (Wildman–Crippen MR) is 89.2 cm³/mol. The molecule has 0 aliphatic heterocycles. The van der Waals surface area contributed by atoms with Crippen molar-refractivity contribution in [3.05, 3.63) is 0 Å². The standard InChI is InChI=1S/C10H26N4.C5H10O2/c1-13-7-4-10-14(8-2-5-11)9-3-6-12;1-5(2,3)7-4-6/h13H,2-12H2,1H3;4H,1-3H3. The first-order valence-corrected chi connectivity index (χ1v) is 7.79. The highest BCUT2D eigenvalue weighted by Crippen LogP contribution is 2.02. The van der Waals surface area contributed by atoms with Crippen LogP contribution in [0.2, 0.25) is 0 Å². The molecule has 0 fully saturated rings. The SMILES string of the molecule is CC(C)(C)OC=O.CNCCCN(CCCN)CCCN. The predicted octanol–water partition coefficient (Wildman–Crippen LogP) is 0.553. The summed E-state index contributed by atoms with van der Waals surface area (Å²) in [5, 5.41) is 3.16. The second kappa shape index (κ2) is 15.7. The molecule has 0 unspecified atom stereocenters. The maximum atomic E-state index is 9.60. The van der Waals surface area contributed by atoms with Crippen LogP contribution in [0.3, 0.4) is 0 Å². The van der Waals surface area contributed by atoms with Gasteiger partial charge in [-0.1, -0.05) is 0 Å². The average Bonchev–Trinajstić information content (AvgIpc) is 2.41. The summed E-state index contributed by atoms with van der Waals surface area (Å²) in [5.41, 5.74) is 10.7. The van der Waals surface area contributed by atoms with E-state index < -0.39 is 0 Å². The van der Waals surface area contributed by atoms with Crippen LogP contribution in [0, 0.1) is 0 Å². The van der Waals surface area contributed by atoms with Gasteiger partial charge < -0.3 is 26.4 Å². The molecule has 0 aliphatic carbocycles. The van der Waals surface area contributed by atoms with Gasteiger partial charge in [0, 0.05) is 0 Å². The number of carbonyl (C=O) groups excluding carboxylic acids is 1. The second-order valence-corrected chi connectivity index (χ2v) is 5.91. The molecule has 0 bridgehead atoms. The van der Waals surface area contributed by atoms with Gasteiger partial charge in [0.25, 0.3) is 6.47 Å². The van der Waals surface area contributed by atoms with Crippen LogP contribution >= 0.6 is 0 Å². The van der Waals surface area contributed by atoms with Crippen LogP contribution in [0.15, 0.2) is 0 Å². The molecule has 5 N–H and O–H groups in total. The average molecular weight is 304 g/mol. The van der Waals surface area contributed by atoms with E-state index in [9.17, 15) is 4.79 Å². The van der Waals surface area contributed by atoms with E-state index in [1.165, 1.54) is 6.42 Å². The Balaban J connectivity index is 0. The molecule has 0 radical (unpaired) electrons. The Kier molecular flexibility index (Phi) is 16.9. The minimum Gasteiger partial charge on any atom is -0.462 e. The third-order valence-electron chi connectivity index (χ3n) is 2.66. The summed E-state index contributed by atoms with van der Waals surface area (Å²) in [7, 11) is 1.99.